The van der Waals surface area contributed by atoms with Crippen molar-refractivity contribution in [2.24, 2.45) is 0 Å². The molecule has 0 aromatic rings. The molecule has 0 radical (unpaired) electrons. The third-order valence-electron chi connectivity index (χ3n) is 1.65. The fraction of sp³-hybridized carbons (Fsp3) is 1.00. The first-order valence-electron chi connectivity index (χ1n) is 3.18. The lowest BCUT2D eigenvalue weighted by atomic mass is 10.2. The highest BCUT2D eigenvalue weighted by atomic mass is 35.5. The van der Waals surface area contributed by atoms with Gasteiger partial charge >= 0.3 is 0 Å². The first-order chi connectivity index (χ1) is 3.80. The Hall–Kier alpha value is 0.540. The van der Waals surface area contributed by atoms with Crippen LogP contribution in [-0.2, 0) is 0 Å². The van der Waals surface area contributed by atoms with Crippen LogP contribution in [-0.4, -0.2) is 18.0 Å². The Morgan fingerprint density at radius 1 is 1.67 bits per heavy atom. The zero-order chi connectivity index (χ0) is 5.98. The molecule has 0 spiro atoms. The van der Waals surface area contributed by atoms with Crippen LogP contribution in [0.3, 0.4) is 0 Å². The highest BCUT2D eigenvalue weighted by Crippen LogP contribution is 2.12. The standard InChI is InChI=1S/C6H12ClN.ClH/c1-5(7)6-3-2-4-8-6;/h5-6,8H,2-4H2,1H3;1H. The van der Waals surface area contributed by atoms with Crippen LogP contribution in [0.2, 0.25) is 0 Å². The van der Waals surface area contributed by atoms with Gasteiger partial charge in [0.25, 0.3) is 0 Å². The normalized spacial score (nSPS) is 29.3. The largest absolute Gasteiger partial charge is 0.313 e. The predicted octanol–water partition coefficient (Wildman–Crippen LogP) is 1.79. The maximum Gasteiger partial charge on any atom is 0.0461 e. The van der Waals surface area contributed by atoms with Gasteiger partial charge in [0.1, 0.15) is 0 Å². The summed E-state index contributed by atoms with van der Waals surface area (Å²) in [6.45, 7) is 3.20. The average molecular weight is 170 g/mol. The monoisotopic (exact) mass is 169 g/mol. The molecule has 1 rings (SSSR count). The molecule has 1 fully saturated rings. The molecule has 0 amide bonds. The molecule has 0 aliphatic carbocycles. The lowest BCUT2D eigenvalue weighted by Gasteiger charge is -2.10. The second-order valence-electron chi connectivity index (χ2n) is 2.38. The highest BCUT2D eigenvalue weighted by Gasteiger charge is 2.17. The molecular formula is C6H13Cl2N. The van der Waals surface area contributed by atoms with Gasteiger partial charge in [0.05, 0.1) is 0 Å². The summed E-state index contributed by atoms with van der Waals surface area (Å²) in [7, 11) is 0. The van der Waals surface area contributed by atoms with Crippen LogP contribution < -0.4 is 5.32 Å². The van der Waals surface area contributed by atoms with Crippen LogP contribution in [0.15, 0.2) is 0 Å². The quantitative estimate of drug-likeness (QED) is 0.591. The summed E-state index contributed by atoms with van der Waals surface area (Å²) in [6, 6.07) is 0.580. The number of rotatable bonds is 1. The van der Waals surface area contributed by atoms with Crippen LogP contribution >= 0.6 is 24.0 Å². The molecule has 0 bridgehead atoms. The minimum atomic E-state index is 0. The van der Waals surface area contributed by atoms with Gasteiger partial charge in [0.2, 0.25) is 0 Å². The van der Waals surface area contributed by atoms with Gasteiger partial charge < -0.3 is 5.32 Å². The third kappa shape index (κ3) is 2.74. The van der Waals surface area contributed by atoms with Crippen molar-refractivity contribution in [3.63, 3.8) is 0 Å². The molecule has 9 heavy (non-hydrogen) atoms. The SMILES string of the molecule is CC(Cl)C1CCCN1.Cl. The van der Waals surface area contributed by atoms with Crippen LogP contribution in [0, 0.1) is 0 Å². The molecule has 1 aliphatic rings. The number of hydrogen-bond acceptors (Lipinski definition) is 1. The van der Waals surface area contributed by atoms with E-state index in [1.807, 2.05) is 6.92 Å². The van der Waals surface area contributed by atoms with E-state index >= 15 is 0 Å². The fourth-order valence-corrected chi connectivity index (χ4v) is 1.32. The second kappa shape index (κ2) is 4.37. The molecular weight excluding hydrogens is 157 g/mol. The zero-order valence-corrected chi connectivity index (χ0v) is 7.13. The van der Waals surface area contributed by atoms with Gasteiger partial charge in [-0.1, -0.05) is 0 Å². The van der Waals surface area contributed by atoms with Gasteiger partial charge in [-0.2, -0.15) is 0 Å². The topological polar surface area (TPSA) is 12.0 Å². The minimum Gasteiger partial charge on any atom is -0.313 e. The average Bonchev–Trinajstić information content (AvgIpc) is 2.12. The summed E-state index contributed by atoms with van der Waals surface area (Å²) in [5.74, 6) is 0. The van der Waals surface area contributed by atoms with Crippen molar-refractivity contribution in [1.82, 2.24) is 5.32 Å². The molecule has 56 valence electrons. The lowest BCUT2D eigenvalue weighted by Crippen LogP contribution is -2.28. The van der Waals surface area contributed by atoms with Crippen molar-refractivity contribution in [2.75, 3.05) is 6.54 Å². The van der Waals surface area contributed by atoms with E-state index in [0.29, 0.717) is 11.4 Å². The predicted molar refractivity (Wildman–Crippen MR) is 43.6 cm³/mol. The molecule has 1 saturated heterocycles. The molecule has 3 heteroatoms. The smallest absolute Gasteiger partial charge is 0.0461 e. The van der Waals surface area contributed by atoms with Gasteiger partial charge in [-0.05, 0) is 26.3 Å². The summed E-state index contributed by atoms with van der Waals surface area (Å²) < 4.78 is 0. The van der Waals surface area contributed by atoms with Crippen LogP contribution in [0.25, 0.3) is 0 Å². The maximum atomic E-state index is 5.82. The molecule has 2 atom stereocenters. The summed E-state index contributed by atoms with van der Waals surface area (Å²) in [5.41, 5.74) is 0. The van der Waals surface area contributed by atoms with Gasteiger partial charge in [0, 0.05) is 11.4 Å². The lowest BCUT2D eigenvalue weighted by molar-refractivity contribution is 0.594. The summed E-state index contributed by atoms with van der Waals surface area (Å²) in [6.07, 6.45) is 2.55. The van der Waals surface area contributed by atoms with Gasteiger partial charge in [-0.25, -0.2) is 0 Å². The molecule has 0 aromatic carbocycles. The first kappa shape index (κ1) is 9.54. The third-order valence-corrected chi connectivity index (χ3v) is 1.96. The Morgan fingerprint density at radius 3 is 2.56 bits per heavy atom. The molecule has 1 heterocycles. The number of halogens is 2. The van der Waals surface area contributed by atoms with Crippen molar-refractivity contribution < 1.29 is 0 Å². The summed E-state index contributed by atoms with van der Waals surface area (Å²) >= 11 is 5.82. The number of nitrogens with one attached hydrogen (secondary N) is 1. The second-order valence-corrected chi connectivity index (χ2v) is 3.07. The van der Waals surface area contributed by atoms with Crippen LogP contribution in [0.1, 0.15) is 19.8 Å². The van der Waals surface area contributed by atoms with E-state index in [4.69, 9.17) is 11.6 Å². The number of hydrogen-bond donors (Lipinski definition) is 1. The Bertz CT molecular complexity index is 69.5. The van der Waals surface area contributed by atoms with Crippen molar-refractivity contribution in [3.8, 4) is 0 Å². The van der Waals surface area contributed by atoms with Crippen molar-refractivity contribution in [3.05, 3.63) is 0 Å². The van der Waals surface area contributed by atoms with Crippen molar-refractivity contribution >= 4 is 24.0 Å². The van der Waals surface area contributed by atoms with Crippen molar-refractivity contribution in [1.29, 1.82) is 0 Å². The molecule has 2 unspecified atom stereocenters. The van der Waals surface area contributed by atoms with E-state index in [2.05, 4.69) is 5.32 Å². The molecule has 0 saturated carbocycles. The van der Waals surface area contributed by atoms with Gasteiger partial charge in [0.15, 0.2) is 0 Å². The Kier molecular flexibility index (Phi) is 4.63. The molecule has 0 aromatic heterocycles. The van der Waals surface area contributed by atoms with E-state index < -0.39 is 0 Å². The van der Waals surface area contributed by atoms with Crippen LogP contribution in [0.5, 0.6) is 0 Å². The van der Waals surface area contributed by atoms with E-state index in [0.717, 1.165) is 6.54 Å². The minimum absolute atomic E-state index is 0. The molecule has 1 nitrogen and oxygen atoms in total. The van der Waals surface area contributed by atoms with Crippen LogP contribution in [0.4, 0.5) is 0 Å². The first-order valence-corrected chi connectivity index (χ1v) is 3.62. The Labute approximate surface area is 67.6 Å². The highest BCUT2D eigenvalue weighted by molar-refractivity contribution is 6.20. The Balaban J connectivity index is 0.000000640. The number of alkyl halides is 1. The summed E-state index contributed by atoms with van der Waals surface area (Å²) in [5, 5.41) is 3.63. The fourth-order valence-electron chi connectivity index (χ4n) is 1.10. The summed E-state index contributed by atoms with van der Waals surface area (Å²) in [4.78, 5) is 0. The van der Waals surface area contributed by atoms with E-state index in [-0.39, 0.29) is 12.4 Å². The molecule has 1 aliphatic heterocycles. The zero-order valence-electron chi connectivity index (χ0n) is 5.56. The van der Waals surface area contributed by atoms with Crippen molar-refractivity contribution in [2.45, 2.75) is 31.2 Å². The van der Waals surface area contributed by atoms with E-state index in [1.54, 1.807) is 0 Å². The van der Waals surface area contributed by atoms with E-state index in [1.165, 1.54) is 12.8 Å². The maximum absolute atomic E-state index is 5.82. The molecule has 1 N–H and O–H groups in total. The van der Waals surface area contributed by atoms with Gasteiger partial charge in [-0.15, -0.1) is 24.0 Å². The Morgan fingerprint density at radius 2 is 2.33 bits per heavy atom. The van der Waals surface area contributed by atoms with Gasteiger partial charge in [-0.3, -0.25) is 0 Å². The van der Waals surface area contributed by atoms with E-state index in [9.17, 15) is 0 Å².